The molecule has 0 atom stereocenters. The second-order valence-corrected chi connectivity index (χ2v) is 8.38. The van der Waals surface area contributed by atoms with Gasteiger partial charge in [-0.3, -0.25) is 4.79 Å². The third-order valence-electron chi connectivity index (χ3n) is 5.54. The first kappa shape index (κ1) is 23.6. The molecule has 9 heteroatoms. The molecule has 2 aromatic heterocycles. The van der Waals surface area contributed by atoms with Crippen LogP contribution >= 0.6 is 11.7 Å². The molecule has 2 aromatic carbocycles. The van der Waals surface area contributed by atoms with E-state index in [0.29, 0.717) is 30.9 Å². The van der Waals surface area contributed by atoms with E-state index in [1.54, 1.807) is 23.7 Å². The Morgan fingerprint density at radius 2 is 1.94 bits per heavy atom. The fourth-order valence-corrected chi connectivity index (χ4v) is 4.42. The zero-order valence-corrected chi connectivity index (χ0v) is 20.0. The molecule has 0 spiro atoms. The topological polar surface area (TPSA) is 96.2 Å². The highest BCUT2D eigenvalue weighted by molar-refractivity contribution is 7.00. The summed E-state index contributed by atoms with van der Waals surface area (Å²) < 4.78 is 20.9. The molecule has 176 valence electrons. The second-order valence-electron chi connectivity index (χ2n) is 7.85. The van der Waals surface area contributed by atoms with Gasteiger partial charge in [0.25, 0.3) is 6.47 Å². The summed E-state index contributed by atoms with van der Waals surface area (Å²) in [5.41, 5.74) is 5.67. The van der Waals surface area contributed by atoms with Crippen molar-refractivity contribution in [3.63, 3.8) is 0 Å². The zero-order chi connectivity index (χ0) is 23.9. The molecule has 8 nitrogen and oxygen atoms in total. The Bertz CT molecular complexity index is 1300. The fourth-order valence-electron chi connectivity index (χ4n) is 3.91. The number of ether oxygens (including phenoxy) is 2. The average Bonchev–Trinajstić information content (AvgIpc) is 3.43. The van der Waals surface area contributed by atoms with E-state index in [1.165, 1.54) is 11.7 Å². The summed E-state index contributed by atoms with van der Waals surface area (Å²) in [5.74, 6) is -0.00372. The number of unbranched alkanes of at least 4 members (excludes halogenated alkanes) is 1. The summed E-state index contributed by atoms with van der Waals surface area (Å²) >= 11 is 1.18. The molecule has 0 radical (unpaired) electrons. The molecular weight excluding hydrogens is 452 g/mol. The smallest absolute Gasteiger partial charge is 0.338 e. The van der Waals surface area contributed by atoms with Crippen molar-refractivity contribution in [2.45, 2.75) is 46.1 Å². The Hall–Kier alpha value is -3.59. The van der Waals surface area contributed by atoms with Gasteiger partial charge in [-0.15, -0.1) is 0 Å². The summed E-state index contributed by atoms with van der Waals surface area (Å²) in [6, 6.07) is 13.2. The number of carbonyl (C=O) groups is 2. The standard InChI is InChI=1S/C25H26N4O4S/c1-3-5-10-21-20(13-17-11-12-22-23(14-17)28-34-27-22)24(33-16-30)29(26-21)15-18-8-6-7-9-19(18)25(31)32-4-2/h6-9,11-12,14,16H,3-5,10,13,15H2,1-2H3. The maximum Gasteiger partial charge on any atom is 0.338 e. The van der Waals surface area contributed by atoms with Crippen LogP contribution in [0.4, 0.5) is 0 Å². The zero-order valence-electron chi connectivity index (χ0n) is 19.2. The number of carbonyl (C=O) groups excluding carboxylic acids is 2. The van der Waals surface area contributed by atoms with Crippen LogP contribution < -0.4 is 4.74 Å². The molecular formula is C25H26N4O4S. The van der Waals surface area contributed by atoms with E-state index in [4.69, 9.17) is 14.6 Å². The van der Waals surface area contributed by atoms with Crippen LogP contribution in [0.25, 0.3) is 11.0 Å². The van der Waals surface area contributed by atoms with Crippen LogP contribution in [0, 0.1) is 0 Å². The SMILES string of the molecule is CCCCc1nn(Cc2ccccc2C(=O)OCC)c(OC=O)c1Cc1ccc2nsnc2c1. The Balaban J connectivity index is 1.74. The van der Waals surface area contributed by atoms with E-state index in [1.807, 2.05) is 30.3 Å². The predicted octanol–water partition coefficient (Wildman–Crippen LogP) is 4.58. The normalized spacial score (nSPS) is 11.0. The van der Waals surface area contributed by atoms with Crippen LogP contribution in [0.2, 0.25) is 0 Å². The van der Waals surface area contributed by atoms with Crippen molar-refractivity contribution in [1.29, 1.82) is 0 Å². The van der Waals surface area contributed by atoms with Crippen molar-refractivity contribution in [3.8, 4) is 5.88 Å². The van der Waals surface area contributed by atoms with E-state index < -0.39 is 0 Å². The largest absolute Gasteiger partial charge is 0.462 e. The van der Waals surface area contributed by atoms with E-state index in [9.17, 15) is 9.59 Å². The van der Waals surface area contributed by atoms with Crippen LogP contribution in [0.1, 0.15) is 59.4 Å². The number of hydrogen-bond acceptors (Lipinski definition) is 8. The number of rotatable bonds is 11. The Morgan fingerprint density at radius 1 is 1.12 bits per heavy atom. The number of benzene rings is 2. The van der Waals surface area contributed by atoms with Gasteiger partial charge in [0.2, 0.25) is 5.88 Å². The Morgan fingerprint density at radius 3 is 2.74 bits per heavy atom. The maximum absolute atomic E-state index is 12.5. The number of aryl methyl sites for hydroxylation is 1. The van der Waals surface area contributed by atoms with Gasteiger partial charge < -0.3 is 9.47 Å². The van der Waals surface area contributed by atoms with Gasteiger partial charge in [-0.25, -0.2) is 9.48 Å². The van der Waals surface area contributed by atoms with E-state index in [0.717, 1.165) is 52.7 Å². The van der Waals surface area contributed by atoms with Crippen molar-refractivity contribution < 1.29 is 19.1 Å². The fraction of sp³-hybridized carbons (Fsp3) is 0.320. The highest BCUT2D eigenvalue weighted by Gasteiger charge is 2.22. The predicted molar refractivity (Wildman–Crippen MR) is 129 cm³/mol. The highest BCUT2D eigenvalue weighted by Crippen LogP contribution is 2.29. The number of hydrogen-bond donors (Lipinski definition) is 0. The van der Waals surface area contributed by atoms with Crippen molar-refractivity contribution in [1.82, 2.24) is 18.5 Å². The molecule has 0 saturated carbocycles. The quantitative estimate of drug-likeness (QED) is 0.230. The van der Waals surface area contributed by atoms with Gasteiger partial charge in [0.15, 0.2) is 0 Å². The molecule has 0 amide bonds. The second kappa shape index (κ2) is 11.0. The van der Waals surface area contributed by atoms with Gasteiger partial charge >= 0.3 is 5.97 Å². The molecule has 0 aliphatic heterocycles. The van der Waals surface area contributed by atoms with Crippen LogP contribution in [0.3, 0.4) is 0 Å². The molecule has 0 bridgehead atoms. The molecule has 0 aliphatic carbocycles. The first-order valence-corrected chi connectivity index (χ1v) is 12.0. The van der Waals surface area contributed by atoms with Crippen LogP contribution in [-0.4, -0.2) is 37.6 Å². The molecule has 0 aliphatic rings. The Kier molecular flexibility index (Phi) is 7.64. The number of aromatic nitrogens is 4. The van der Waals surface area contributed by atoms with E-state index in [-0.39, 0.29) is 12.5 Å². The first-order chi connectivity index (χ1) is 16.6. The number of nitrogens with zero attached hydrogens (tertiary/aromatic N) is 4. The van der Waals surface area contributed by atoms with Crippen molar-refractivity contribution in [2.75, 3.05) is 6.61 Å². The van der Waals surface area contributed by atoms with Gasteiger partial charge in [0, 0.05) is 12.0 Å². The molecule has 0 saturated heterocycles. The summed E-state index contributed by atoms with van der Waals surface area (Å²) in [6.45, 7) is 4.88. The van der Waals surface area contributed by atoms with Crippen molar-refractivity contribution >= 4 is 35.2 Å². The van der Waals surface area contributed by atoms with Crippen LogP contribution in [-0.2, 0) is 28.9 Å². The van der Waals surface area contributed by atoms with E-state index >= 15 is 0 Å². The minimum absolute atomic E-state index is 0.270. The van der Waals surface area contributed by atoms with Crippen LogP contribution in [0.15, 0.2) is 42.5 Å². The molecule has 2 heterocycles. The summed E-state index contributed by atoms with van der Waals surface area (Å²) in [4.78, 5) is 23.9. The molecule has 0 fully saturated rings. The first-order valence-electron chi connectivity index (χ1n) is 11.3. The van der Waals surface area contributed by atoms with Gasteiger partial charge in [0.1, 0.15) is 11.0 Å². The molecule has 0 unspecified atom stereocenters. The highest BCUT2D eigenvalue weighted by atomic mass is 32.1. The Labute approximate surface area is 201 Å². The molecule has 34 heavy (non-hydrogen) atoms. The minimum atomic E-state index is -0.389. The summed E-state index contributed by atoms with van der Waals surface area (Å²) in [7, 11) is 0. The summed E-state index contributed by atoms with van der Waals surface area (Å²) in [6.07, 6.45) is 3.26. The third kappa shape index (κ3) is 5.14. The van der Waals surface area contributed by atoms with Crippen molar-refractivity contribution in [2.24, 2.45) is 0 Å². The summed E-state index contributed by atoms with van der Waals surface area (Å²) in [5, 5.41) is 4.81. The lowest BCUT2D eigenvalue weighted by atomic mass is 10.0. The molecule has 0 N–H and O–H groups in total. The monoisotopic (exact) mass is 478 g/mol. The van der Waals surface area contributed by atoms with Gasteiger partial charge in [-0.1, -0.05) is 37.6 Å². The molecule has 4 aromatic rings. The van der Waals surface area contributed by atoms with Gasteiger partial charge in [-0.05, 0) is 49.1 Å². The number of esters is 1. The van der Waals surface area contributed by atoms with Crippen LogP contribution in [0.5, 0.6) is 5.88 Å². The minimum Gasteiger partial charge on any atom is -0.462 e. The lowest BCUT2D eigenvalue weighted by molar-refractivity contribution is -0.121. The number of fused-ring (bicyclic) bond motifs is 1. The lowest BCUT2D eigenvalue weighted by Crippen LogP contribution is -2.12. The maximum atomic E-state index is 12.5. The van der Waals surface area contributed by atoms with Gasteiger partial charge in [-0.2, -0.15) is 13.8 Å². The van der Waals surface area contributed by atoms with Gasteiger partial charge in [0.05, 0.1) is 36.1 Å². The average molecular weight is 479 g/mol. The van der Waals surface area contributed by atoms with E-state index in [2.05, 4.69) is 15.7 Å². The van der Waals surface area contributed by atoms with Crippen molar-refractivity contribution in [3.05, 3.63) is 70.4 Å². The third-order valence-corrected chi connectivity index (χ3v) is 6.10. The molecule has 4 rings (SSSR count). The lowest BCUT2D eigenvalue weighted by Gasteiger charge is -2.11.